The molecule has 4 saturated carbocycles. The predicted octanol–water partition coefficient (Wildman–Crippen LogP) is 5.69. The summed E-state index contributed by atoms with van der Waals surface area (Å²) in [4.78, 5) is 0. The molecule has 1 aromatic rings. The van der Waals surface area contributed by atoms with Gasteiger partial charge in [-0.2, -0.15) is 0 Å². The Morgan fingerprint density at radius 1 is 0.760 bits per heavy atom. The Bertz CT molecular complexity index is 759. The summed E-state index contributed by atoms with van der Waals surface area (Å²) in [5.41, 5.74) is 3.48. The molecule has 0 saturated heterocycles. The topological polar surface area (TPSA) is 0 Å². The van der Waals surface area contributed by atoms with E-state index in [1.807, 2.05) is 0 Å². The highest BCUT2D eigenvalue weighted by molar-refractivity contribution is 5.40. The zero-order chi connectivity index (χ0) is 16.3. The monoisotopic (exact) mass is 330 g/mol. The third-order valence-electron chi connectivity index (χ3n) is 9.94. The van der Waals surface area contributed by atoms with Crippen LogP contribution in [-0.2, 0) is 6.42 Å². The SMILES string of the molecule is CC1C=CC(C2CC3CC2C2C4CC(C5Cc6ccccc6C54)C32)C1. The quantitative estimate of drug-likeness (QED) is 0.458. The van der Waals surface area contributed by atoms with Crippen molar-refractivity contribution in [1.82, 2.24) is 0 Å². The van der Waals surface area contributed by atoms with E-state index in [9.17, 15) is 0 Å². The molecule has 1 aromatic carbocycles. The molecule has 11 atom stereocenters. The Labute approximate surface area is 152 Å². The lowest BCUT2D eigenvalue weighted by Crippen LogP contribution is -2.39. The van der Waals surface area contributed by atoms with Crippen molar-refractivity contribution in [2.75, 3.05) is 0 Å². The van der Waals surface area contributed by atoms with Crippen molar-refractivity contribution in [1.29, 1.82) is 0 Å². The summed E-state index contributed by atoms with van der Waals surface area (Å²) in [5, 5.41) is 0. The first kappa shape index (κ1) is 14.1. The Balaban J connectivity index is 1.24. The second kappa shape index (κ2) is 4.62. The molecule has 0 radical (unpaired) electrons. The van der Waals surface area contributed by atoms with Crippen LogP contribution in [0.4, 0.5) is 0 Å². The van der Waals surface area contributed by atoms with Crippen molar-refractivity contribution in [3.8, 4) is 0 Å². The van der Waals surface area contributed by atoms with Gasteiger partial charge >= 0.3 is 0 Å². The maximum Gasteiger partial charge on any atom is -0.00937 e. The first-order chi connectivity index (χ1) is 12.3. The van der Waals surface area contributed by atoms with E-state index in [4.69, 9.17) is 0 Å². The average Bonchev–Trinajstić information content (AvgIpc) is 3.40. The maximum atomic E-state index is 2.62. The highest BCUT2D eigenvalue weighted by atomic mass is 14.7. The molecule has 0 nitrogen and oxygen atoms in total. The molecule has 0 N–H and O–H groups in total. The molecular weight excluding hydrogens is 300 g/mol. The molecule has 6 aliphatic rings. The summed E-state index contributed by atoms with van der Waals surface area (Å²) in [6.45, 7) is 2.42. The average molecular weight is 331 g/mol. The van der Waals surface area contributed by atoms with Crippen LogP contribution in [0.3, 0.4) is 0 Å². The predicted molar refractivity (Wildman–Crippen MR) is 101 cm³/mol. The fraction of sp³-hybridized carbons (Fsp3) is 0.680. The number of fused-ring (bicyclic) bond motifs is 14. The summed E-state index contributed by atoms with van der Waals surface area (Å²) >= 11 is 0. The van der Waals surface area contributed by atoms with E-state index in [0.717, 1.165) is 65.1 Å². The van der Waals surface area contributed by atoms with Gasteiger partial charge in [-0.05, 0) is 108 Å². The number of allylic oxidation sites excluding steroid dienone is 2. The van der Waals surface area contributed by atoms with Gasteiger partial charge in [-0.25, -0.2) is 0 Å². The molecule has 7 rings (SSSR count). The smallest absolute Gasteiger partial charge is 0.00937 e. The molecule has 6 aliphatic carbocycles. The summed E-state index contributed by atoms with van der Waals surface area (Å²) < 4.78 is 0. The minimum atomic E-state index is 0.839. The molecule has 11 unspecified atom stereocenters. The van der Waals surface area contributed by atoms with Gasteiger partial charge in [-0.1, -0.05) is 43.3 Å². The minimum Gasteiger partial charge on any atom is -0.0854 e. The highest BCUT2D eigenvalue weighted by Gasteiger charge is 2.68. The van der Waals surface area contributed by atoms with Crippen molar-refractivity contribution in [3.05, 3.63) is 47.5 Å². The molecule has 0 amide bonds. The van der Waals surface area contributed by atoms with Gasteiger partial charge in [0.05, 0.1) is 0 Å². The van der Waals surface area contributed by atoms with Crippen LogP contribution in [0, 0.1) is 59.2 Å². The molecule has 0 spiro atoms. The molecular formula is C25H30. The molecule has 4 bridgehead atoms. The van der Waals surface area contributed by atoms with Crippen LogP contribution in [0.2, 0.25) is 0 Å². The van der Waals surface area contributed by atoms with Crippen LogP contribution in [0.15, 0.2) is 36.4 Å². The van der Waals surface area contributed by atoms with Gasteiger partial charge < -0.3 is 0 Å². The molecule has 0 heterocycles. The van der Waals surface area contributed by atoms with Crippen molar-refractivity contribution in [3.63, 3.8) is 0 Å². The lowest BCUT2D eigenvalue weighted by Gasteiger charge is -2.45. The summed E-state index contributed by atoms with van der Waals surface area (Å²) in [5.74, 6) is 11.3. The zero-order valence-corrected chi connectivity index (χ0v) is 15.4. The third-order valence-corrected chi connectivity index (χ3v) is 9.94. The van der Waals surface area contributed by atoms with Crippen LogP contribution in [0.25, 0.3) is 0 Å². The number of hydrogen-bond donors (Lipinski definition) is 0. The van der Waals surface area contributed by atoms with Gasteiger partial charge in [0.1, 0.15) is 0 Å². The molecule has 0 heteroatoms. The van der Waals surface area contributed by atoms with E-state index in [1.165, 1.54) is 12.8 Å². The van der Waals surface area contributed by atoms with E-state index in [-0.39, 0.29) is 0 Å². The maximum absolute atomic E-state index is 2.62. The van der Waals surface area contributed by atoms with Gasteiger partial charge in [0.25, 0.3) is 0 Å². The van der Waals surface area contributed by atoms with Crippen molar-refractivity contribution in [2.45, 2.75) is 44.9 Å². The lowest BCUT2D eigenvalue weighted by molar-refractivity contribution is 0.0512. The molecule has 25 heavy (non-hydrogen) atoms. The van der Waals surface area contributed by atoms with Gasteiger partial charge in [0, 0.05) is 0 Å². The van der Waals surface area contributed by atoms with Crippen LogP contribution < -0.4 is 0 Å². The Morgan fingerprint density at radius 3 is 2.48 bits per heavy atom. The van der Waals surface area contributed by atoms with Crippen LogP contribution in [0.5, 0.6) is 0 Å². The normalized spacial score (nSPS) is 56.4. The highest BCUT2D eigenvalue weighted by Crippen LogP contribution is 2.75. The Kier molecular flexibility index (Phi) is 2.60. The Hall–Kier alpha value is -1.04. The Morgan fingerprint density at radius 2 is 1.60 bits per heavy atom. The van der Waals surface area contributed by atoms with Crippen molar-refractivity contribution >= 4 is 0 Å². The fourth-order valence-electron chi connectivity index (χ4n) is 9.57. The lowest BCUT2D eigenvalue weighted by atomic mass is 9.60. The summed E-state index contributed by atoms with van der Waals surface area (Å²) in [6, 6.07) is 9.50. The van der Waals surface area contributed by atoms with E-state index in [2.05, 4.69) is 43.3 Å². The van der Waals surface area contributed by atoms with Gasteiger partial charge in [0.15, 0.2) is 0 Å². The molecule has 4 fully saturated rings. The third kappa shape index (κ3) is 1.62. The van der Waals surface area contributed by atoms with Gasteiger partial charge in [-0.15, -0.1) is 0 Å². The van der Waals surface area contributed by atoms with Gasteiger partial charge in [-0.3, -0.25) is 0 Å². The van der Waals surface area contributed by atoms with E-state index < -0.39 is 0 Å². The van der Waals surface area contributed by atoms with Crippen LogP contribution in [0.1, 0.15) is 49.7 Å². The van der Waals surface area contributed by atoms with Crippen LogP contribution in [-0.4, -0.2) is 0 Å². The van der Waals surface area contributed by atoms with Gasteiger partial charge in [0.2, 0.25) is 0 Å². The number of benzene rings is 1. The summed E-state index contributed by atoms with van der Waals surface area (Å²) in [6.07, 6.45) is 12.8. The summed E-state index contributed by atoms with van der Waals surface area (Å²) in [7, 11) is 0. The molecule has 130 valence electrons. The fourth-order valence-corrected chi connectivity index (χ4v) is 9.57. The molecule has 0 aliphatic heterocycles. The zero-order valence-electron chi connectivity index (χ0n) is 15.4. The number of hydrogen-bond acceptors (Lipinski definition) is 0. The minimum absolute atomic E-state index is 0.839. The second-order valence-corrected chi connectivity index (χ2v) is 10.6. The van der Waals surface area contributed by atoms with Crippen LogP contribution >= 0.6 is 0 Å². The van der Waals surface area contributed by atoms with Crippen molar-refractivity contribution < 1.29 is 0 Å². The largest absolute Gasteiger partial charge is 0.0854 e. The molecule has 0 aromatic heterocycles. The first-order valence-corrected chi connectivity index (χ1v) is 11.1. The van der Waals surface area contributed by atoms with E-state index in [1.54, 1.807) is 30.4 Å². The van der Waals surface area contributed by atoms with E-state index >= 15 is 0 Å². The second-order valence-electron chi connectivity index (χ2n) is 10.6. The van der Waals surface area contributed by atoms with Crippen molar-refractivity contribution in [2.24, 2.45) is 59.2 Å². The van der Waals surface area contributed by atoms with E-state index in [0.29, 0.717) is 0 Å². The first-order valence-electron chi connectivity index (χ1n) is 11.1. The standard InChI is InChI=1S/C25H30/c1-13-6-7-15(8-13)18-10-16-11-19(18)25-22-12-21(23(16)25)20-9-14-4-2-3-5-17(14)24(20)22/h2-7,13,15-16,18-25H,8-12H2,1H3. The number of rotatable bonds is 1.